The highest BCUT2D eigenvalue weighted by Crippen LogP contribution is 2.65. The Kier molecular flexibility index (Phi) is 2.74. The van der Waals surface area contributed by atoms with Crippen molar-refractivity contribution in [2.24, 2.45) is 16.7 Å². The van der Waals surface area contributed by atoms with E-state index in [4.69, 9.17) is 4.98 Å². The molecule has 3 atom stereocenters. The van der Waals surface area contributed by atoms with Crippen molar-refractivity contribution in [3.8, 4) is 0 Å². The van der Waals surface area contributed by atoms with Gasteiger partial charge in [-0.1, -0.05) is 26.8 Å². The summed E-state index contributed by atoms with van der Waals surface area (Å²) in [6.45, 7) is 8.31. The minimum atomic E-state index is 0.441. The van der Waals surface area contributed by atoms with E-state index in [0.717, 1.165) is 23.8 Å². The molecule has 0 amide bonds. The lowest BCUT2D eigenvalue weighted by Crippen LogP contribution is -2.44. The van der Waals surface area contributed by atoms with E-state index in [1.165, 1.54) is 19.3 Å². The molecule has 0 aromatic carbocycles. The van der Waals surface area contributed by atoms with Gasteiger partial charge in [0, 0.05) is 25.0 Å². The summed E-state index contributed by atoms with van der Waals surface area (Å²) in [5, 5.41) is 3.81. The van der Waals surface area contributed by atoms with Crippen molar-refractivity contribution < 1.29 is 0 Å². The molecule has 0 radical (unpaired) electrons. The summed E-state index contributed by atoms with van der Waals surface area (Å²) in [5.74, 6) is 0.890. The van der Waals surface area contributed by atoms with Crippen LogP contribution in [0.1, 0.15) is 45.7 Å². The molecule has 2 aliphatic carbocycles. The summed E-state index contributed by atoms with van der Waals surface area (Å²) in [5.41, 5.74) is 3.10. The quantitative estimate of drug-likeness (QED) is 0.932. The van der Waals surface area contributed by atoms with Gasteiger partial charge in [0.15, 0.2) is 0 Å². The molecule has 3 nitrogen and oxygen atoms in total. The summed E-state index contributed by atoms with van der Waals surface area (Å²) in [6.07, 6.45) is 8.32. The van der Waals surface area contributed by atoms with Crippen LogP contribution in [0, 0.1) is 16.7 Å². The average Bonchev–Trinajstić information content (AvgIpc) is 3.02. The number of hydrogen-bond acceptors (Lipinski definition) is 2. The highest BCUT2D eigenvalue weighted by atomic mass is 15.0. The summed E-state index contributed by atoms with van der Waals surface area (Å²) < 4.78 is 2.10. The second-order valence-corrected chi connectivity index (χ2v) is 7.74. The molecule has 2 heterocycles. The Morgan fingerprint density at radius 3 is 2.86 bits per heavy atom. The molecule has 1 N–H and O–H groups in total. The first-order valence-corrected chi connectivity index (χ1v) is 8.17. The van der Waals surface area contributed by atoms with Gasteiger partial charge in [-0.15, -0.1) is 0 Å². The van der Waals surface area contributed by atoms with Crippen LogP contribution in [0.25, 0.3) is 5.65 Å². The zero-order chi connectivity index (χ0) is 14.7. The lowest BCUT2D eigenvalue weighted by molar-refractivity contribution is 0.120. The number of imidazole rings is 1. The maximum atomic E-state index is 4.70. The van der Waals surface area contributed by atoms with Crippen LogP contribution in [0.5, 0.6) is 0 Å². The zero-order valence-corrected chi connectivity index (χ0v) is 13.3. The zero-order valence-electron chi connectivity index (χ0n) is 13.3. The Labute approximate surface area is 126 Å². The van der Waals surface area contributed by atoms with Crippen LogP contribution >= 0.6 is 0 Å². The molecule has 2 aromatic heterocycles. The number of nitrogens with zero attached hydrogens (tertiary/aromatic N) is 2. The first kappa shape index (κ1) is 13.3. The van der Waals surface area contributed by atoms with E-state index in [-0.39, 0.29) is 0 Å². The van der Waals surface area contributed by atoms with E-state index in [1.807, 2.05) is 12.1 Å². The van der Waals surface area contributed by atoms with Gasteiger partial charge in [0.25, 0.3) is 0 Å². The van der Waals surface area contributed by atoms with Crippen LogP contribution in [-0.4, -0.2) is 15.4 Å². The Balaban J connectivity index is 1.50. The summed E-state index contributed by atoms with van der Waals surface area (Å²) in [7, 11) is 0. The highest BCUT2D eigenvalue weighted by Gasteiger charge is 2.60. The van der Waals surface area contributed by atoms with Crippen LogP contribution in [0.3, 0.4) is 0 Å². The minimum Gasteiger partial charge on any atom is -0.308 e. The third kappa shape index (κ3) is 1.80. The Morgan fingerprint density at radius 2 is 2.19 bits per heavy atom. The summed E-state index contributed by atoms with van der Waals surface area (Å²) >= 11 is 0. The molecular weight excluding hydrogens is 258 g/mol. The first-order valence-electron chi connectivity index (χ1n) is 8.17. The van der Waals surface area contributed by atoms with Crippen molar-refractivity contribution in [3.05, 3.63) is 36.3 Å². The van der Waals surface area contributed by atoms with Crippen molar-refractivity contribution in [1.82, 2.24) is 14.7 Å². The number of rotatable bonds is 3. The van der Waals surface area contributed by atoms with E-state index in [0.29, 0.717) is 16.9 Å². The molecule has 3 heteroatoms. The number of fused-ring (bicyclic) bond motifs is 3. The second-order valence-electron chi connectivity index (χ2n) is 7.74. The maximum Gasteiger partial charge on any atom is 0.137 e. The largest absolute Gasteiger partial charge is 0.308 e. The lowest BCUT2D eigenvalue weighted by atomic mass is 9.69. The monoisotopic (exact) mass is 283 g/mol. The van der Waals surface area contributed by atoms with Crippen LogP contribution in [0.4, 0.5) is 0 Å². The Bertz CT molecular complexity index is 639. The predicted octanol–water partition coefficient (Wildman–Crippen LogP) is 3.64. The molecular formula is C18H25N3. The predicted molar refractivity (Wildman–Crippen MR) is 85.0 cm³/mol. The molecule has 3 unspecified atom stereocenters. The van der Waals surface area contributed by atoms with Crippen LogP contribution in [-0.2, 0) is 6.54 Å². The van der Waals surface area contributed by atoms with Crippen LogP contribution in [0.15, 0.2) is 30.6 Å². The number of aromatic nitrogens is 2. The van der Waals surface area contributed by atoms with Gasteiger partial charge in [0.05, 0.1) is 5.69 Å². The molecule has 0 spiro atoms. The minimum absolute atomic E-state index is 0.441. The van der Waals surface area contributed by atoms with Gasteiger partial charge in [-0.2, -0.15) is 0 Å². The molecule has 2 aromatic rings. The van der Waals surface area contributed by atoms with Gasteiger partial charge in [0.2, 0.25) is 0 Å². The van der Waals surface area contributed by atoms with E-state index < -0.39 is 0 Å². The summed E-state index contributed by atoms with van der Waals surface area (Å²) in [4.78, 5) is 4.70. The fourth-order valence-electron chi connectivity index (χ4n) is 4.81. The smallest absolute Gasteiger partial charge is 0.137 e. The molecule has 21 heavy (non-hydrogen) atoms. The third-order valence-corrected chi connectivity index (χ3v) is 6.74. The normalized spacial score (nSPS) is 33.9. The van der Waals surface area contributed by atoms with Gasteiger partial charge in [-0.05, 0) is 48.1 Å². The van der Waals surface area contributed by atoms with E-state index in [1.54, 1.807) is 0 Å². The van der Waals surface area contributed by atoms with Gasteiger partial charge < -0.3 is 9.72 Å². The highest BCUT2D eigenvalue weighted by molar-refractivity contribution is 5.39. The molecule has 4 rings (SSSR count). The molecule has 0 aliphatic heterocycles. The molecule has 2 saturated carbocycles. The topological polar surface area (TPSA) is 29.3 Å². The van der Waals surface area contributed by atoms with Gasteiger partial charge >= 0.3 is 0 Å². The van der Waals surface area contributed by atoms with Crippen molar-refractivity contribution in [1.29, 1.82) is 0 Å². The SMILES string of the molecule is CC1(C)C2CCC1(C)C(NCc1cn3ccccc3n1)C2. The van der Waals surface area contributed by atoms with Crippen molar-refractivity contribution >= 4 is 5.65 Å². The van der Waals surface area contributed by atoms with Gasteiger partial charge in [-0.25, -0.2) is 4.98 Å². The second kappa shape index (κ2) is 4.33. The fourth-order valence-corrected chi connectivity index (χ4v) is 4.81. The third-order valence-electron chi connectivity index (χ3n) is 6.74. The lowest BCUT2D eigenvalue weighted by Gasteiger charge is -2.39. The summed E-state index contributed by atoms with van der Waals surface area (Å²) in [6, 6.07) is 6.78. The molecule has 112 valence electrons. The molecule has 2 bridgehead atoms. The van der Waals surface area contributed by atoms with Crippen LogP contribution in [0.2, 0.25) is 0 Å². The van der Waals surface area contributed by atoms with Crippen molar-refractivity contribution in [2.45, 2.75) is 52.6 Å². The van der Waals surface area contributed by atoms with Crippen LogP contribution < -0.4 is 5.32 Å². The number of hydrogen-bond donors (Lipinski definition) is 1. The first-order chi connectivity index (χ1) is 10.0. The Morgan fingerprint density at radius 1 is 1.33 bits per heavy atom. The van der Waals surface area contributed by atoms with Gasteiger partial charge in [0.1, 0.15) is 5.65 Å². The fraction of sp³-hybridized carbons (Fsp3) is 0.611. The number of pyridine rings is 1. The Hall–Kier alpha value is -1.35. The van der Waals surface area contributed by atoms with Crippen molar-refractivity contribution in [2.75, 3.05) is 0 Å². The van der Waals surface area contributed by atoms with E-state index in [9.17, 15) is 0 Å². The number of nitrogens with one attached hydrogen (secondary N) is 1. The molecule has 0 saturated heterocycles. The maximum absolute atomic E-state index is 4.70. The molecule has 2 aliphatic rings. The van der Waals surface area contributed by atoms with Crippen molar-refractivity contribution in [3.63, 3.8) is 0 Å². The van der Waals surface area contributed by atoms with E-state index >= 15 is 0 Å². The molecule has 2 fully saturated rings. The average molecular weight is 283 g/mol. The van der Waals surface area contributed by atoms with E-state index in [2.05, 4.69) is 48.9 Å². The standard InChI is InChI=1S/C18H25N3/c1-17(2)13-7-8-18(17,3)15(10-13)19-11-14-12-21-9-5-4-6-16(21)20-14/h4-6,9,12-13,15,19H,7-8,10-11H2,1-3H3. The van der Waals surface area contributed by atoms with Gasteiger partial charge in [-0.3, -0.25) is 0 Å².